The van der Waals surface area contributed by atoms with Crippen LogP contribution in [0.15, 0.2) is 66.7 Å². The zero-order valence-corrected chi connectivity index (χ0v) is 24.2. The lowest BCUT2D eigenvalue weighted by molar-refractivity contribution is -0.123. The molecule has 2 N–H and O–H groups in total. The highest BCUT2D eigenvalue weighted by molar-refractivity contribution is 6.11. The third-order valence-corrected chi connectivity index (χ3v) is 8.39. The molecule has 216 valence electrons. The molecule has 6 rings (SSSR count). The molecule has 4 aromatic rings. The molecule has 0 saturated heterocycles. The summed E-state index contributed by atoms with van der Waals surface area (Å²) in [6.07, 6.45) is 5.62. The SMILES string of the molecule is CN(C)c1nc(NC2CCC(CNC(=O)COc3ccc4c(c3)CCc3ccccc3C4=O)CC2)nc2ccccc12. The number of rotatable bonds is 8. The third-order valence-electron chi connectivity index (χ3n) is 8.39. The molecule has 42 heavy (non-hydrogen) atoms. The van der Waals surface area contributed by atoms with E-state index in [4.69, 9.17) is 14.7 Å². The van der Waals surface area contributed by atoms with Gasteiger partial charge in [-0.25, -0.2) is 4.98 Å². The van der Waals surface area contributed by atoms with E-state index in [1.807, 2.05) is 79.7 Å². The summed E-state index contributed by atoms with van der Waals surface area (Å²) in [7, 11) is 4.00. The van der Waals surface area contributed by atoms with Gasteiger partial charge in [0.1, 0.15) is 11.6 Å². The van der Waals surface area contributed by atoms with E-state index in [9.17, 15) is 9.59 Å². The van der Waals surface area contributed by atoms with Crippen LogP contribution in [0.2, 0.25) is 0 Å². The topological polar surface area (TPSA) is 96.5 Å². The maximum atomic E-state index is 13.0. The van der Waals surface area contributed by atoms with Gasteiger partial charge in [0.2, 0.25) is 5.95 Å². The molecule has 1 saturated carbocycles. The Morgan fingerprint density at radius 1 is 0.905 bits per heavy atom. The van der Waals surface area contributed by atoms with Gasteiger partial charge >= 0.3 is 0 Å². The van der Waals surface area contributed by atoms with Gasteiger partial charge in [0, 0.05) is 43.2 Å². The standard InChI is InChI=1S/C34H37N5O3/c1-39(2)33-29-9-5-6-10-30(29)37-34(38-33)36-25-15-11-22(12-16-25)20-35-31(40)21-42-26-17-18-28-24(19-26)14-13-23-7-3-4-8-27(23)32(28)41/h3-10,17-19,22,25H,11-16,20-21H2,1-2H3,(H,35,40)(H,36,37,38). The highest BCUT2D eigenvalue weighted by Crippen LogP contribution is 2.29. The Morgan fingerprint density at radius 2 is 1.64 bits per heavy atom. The second-order valence-electron chi connectivity index (χ2n) is 11.5. The van der Waals surface area contributed by atoms with Crippen LogP contribution in [0.4, 0.5) is 11.8 Å². The number of nitrogens with one attached hydrogen (secondary N) is 2. The fourth-order valence-corrected chi connectivity index (χ4v) is 6.08. The van der Waals surface area contributed by atoms with Crippen LogP contribution in [-0.2, 0) is 17.6 Å². The highest BCUT2D eigenvalue weighted by Gasteiger charge is 2.24. The van der Waals surface area contributed by atoms with Gasteiger partial charge in [0.15, 0.2) is 12.4 Å². The minimum absolute atomic E-state index is 0.0443. The van der Waals surface area contributed by atoms with E-state index in [1.165, 1.54) is 0 Å². The summed E-state index contributed by atoms with van der Waals surface area (Å²) in [4.78, 5) is 37.1. The minimum Gasteiger partial charge on any atom is -0.484 e. The summed E-state index contributed by atoms with van der Waals surface area (Å²) >= 11 is 0. The molecule has 8 heteroatoms. The Hall–Kier alpha value is -4.46. The molecule has 1 heterocycles. The Kier molecular flexibility index (Phi) is 8.04. The van der Waals surface area contributed by atoms with E-state index in [0.29, 0.717) is 35.8 Å². The van der Waals surface area contributed by atoms with Crippen molar-refractivity contribution in [1.29, 1.82) is 0 Å². The van der Waals surface area contributed by atoms with Crippen molar-refractivity contribution in [3.05, 3.63) is 89.0 Å². The zero-order chi connectivity index (χ0) is 29.1. The molecule has 0 unspecified atom stereocenters. The monoisotopic (exact) mass is 563 g/mol. The fourth-order valence-electron chi connectivity index (χ4n) is 6.08. The Morgan fingerprint density at radius 3 is 2.48 bits per heavy atom. The quantitative estimate of drug-likeness (QED) is 0.305. The summed E-state index contributed by atoms with van der Waals surface area (Å²) in [5.74, 6) is 2.54. The molecular formula is C34H37N5O3. The van der Waals surface area contributed by atoms with Gasteiger partial charge < -0.3 is 20.3 Å². The molecule has 0 aliphatic heterocycles. The predicted molar refractivity (Wildman–Crippen MR) is 165 cm³/mol. The molecule has 3 aromatic carbocycles. The van der Waals surface area contributed by atoms with Gasteiger partial charge in [-0.05, 0) is 85.9 Å². The summed E-state index contributed by atoms with van der Waals surface area (Å²) in [6, 6.07) is 21.7. The van der Waals surface area contributed by atoms with Gasteiger partial charge in [0.25, 0.3) is 5.91 Å². The molecule has 0 radical (unpaired) electrons. The number of anilines is 2. The molecule has 1 aromatic heterocycles. The predicted octanol–water partition coefficient (Wildman–Crippen LogP) is 5.19. The molecule has 2 aliphatic carbocycles. The molecule has 1 fully saturated rings. The van der Waals surface area contributed by atoms with Crippen molar-refractivity contribution in [1.82, 2.24) is 15.3 Å². The normalized spacial score (nSPS) is 18.0. The van der Waals surface area contributed by atoms with Gasteiger partial charge in [-0.3, -0.25) is 9.59 Å². The summed E-state index contributed by atoms with van der Waals surface area (Å²) in [5, 5.41) is 7.64. The fraction of sp³-hybridized carbons (Fsp3) is 0.353. The number of aromatic nitrogens is 2. The zero-order valence-electron chi connectivity index (χ0n) is 24.2. The number of ether oxygens (including phenoxy) is 1. The van der Waals surface area contributed by atoms with Crippen LogP contribution in [0.3, 0.4) is 0 Å². The number of aryl methyl sites for hydroxylation is 2. The lowest BCUT2D eigenvalue weighted by atomic mass is 9.86. The van der Waals surface area contributed by atoms with E-state index in [-0.39, 0.29) is 18.3 Å². The molecule has 0 spiro atoms. The first kappa shape index (κ1) is 27.7. The van der Waals surface area contributed by atoms with Crippen molar-refractivity contribution >= 4 is 34.4 Å². The number of amides is 1. The second kappa shape index (κ2) is 12.2. The van der Waals surface area contributed by atoms with Crippen LogP contribution in [0, 0.1) is 5.92 Å². The minimum atomic E-state index is -0.130. The lowest BCUT2D eigenvalue weighted by Crippen LogP contribution is -2.36. The average Bonchev–Trinajstić information content (AvgIpc) is 3.15. The van der Waals surface area contributed by atoms with E-state index >= 15 is 0 Å². The maximum absolute atomic E-state index is 13.0. The first-order valence-corrected chi connectivity index (χ1v) is 14.8. The number of hydrogen-bond acceptors (Lipinski definition) is 7. The summed E-state index contributed by atoms with van der Waals surface area (Å²) in [6.45, 7) is 0.598. The number of carbonyl (C=O) groups is 2. The maximum Gasteiger partial charge on any atom is 0.257 e. The van der Waals surface area contributed by atoms with Crippen LogP contribution in [0.25, 0.3) is 10.9 Å². The summed E-state index contributed by atoms with van der Waals surface area (Å²) in [5.41, 5.74) is 4.46. The number of para-hydroxylation sites is 1. The van der Waals surface area contributed by atoms with Crippen LogP contribution in [0.1, 0.15) is 52.7 Å². The van der Waals surface area contributed by atoms with Crippen molar-refractivity contribution in [3.8, 4) is 5.75 Å². The van der Waals surface area contributed by atoms with Gasteiger partial charge in [-0.1, -0.05) is 36.4 Å². The lowest BCUT2D eigenvalue weighted by Gasteiger charge is -2.29. The van der Waals surface area contributed by atoms with Crippen LogP contribution >= 0.6 is 0 Å². The number of hydrogen-bond donors (Lipinski definition) is 2. The highest BCUT2D eigenvalue weighted by atomic mass is 16.5. The van der Waals surface area contributed by atoms with Crippen LogP contribution in [-0.4, -0.2) is 54.9 Å². The average molecular weight is 564 g/mol. The molecule has 1 amide bonds. The number of carbonyl (C=O) groups excluding carboxylic acids is 2. The number of fused-ring (bicyclic) bond motifs is 3. The first-order valence-electron chi connectivity index (χ1n) is 14.8. The third kappa shape index (κ3) is 6.08. The van der Waals surface area contributed by atoms with Gasteiger partial charge in [-0.2, -0.15) is 4.98 Å². The smallest absolute Gasteiger partial charge is 0.257 e. The first-order chi connectivity index (χ1) is 20.4. The Balaban J connectivity index is 0.963. The van der Waals surface area contributed by atoms with Crippen LogP contribution < -0.4 is 20.3 Å². The van der Waals surface area contributed by atoms with Gasteiger partial charge in [0.05, 0.1) is 5.52 Å². The molecule has 0 bridgehead atoms. The van der Waals surface area contributed by atoms with Crippen molar-refractivity contribution in [2.24, 2.45) is 5.92 Å². The van der Waals surface area contributed by atoms with Crippen molar-refractivity contribution in [3.63, 3.8) is 0 Å². The number of benzene rings is 3. The Labute approximate surface area is 246 Å². The van der Waals surface area contributed by atoms with E-state index in [0.717, 1.165) is 71.9 Å². The van der Waals surface area contributed by atoms with Crippen molar-refractivity contribution in [2.45, 2.75) is 44.6 Å². The van der Waals surface area contributed by atoms with Crippen molar-refractivity contribution in [2.75, 3.05) is 37.5 Å². The molecule has 0 atom stereocenters. The largest absolute Gasteiger partial charge is 0.484 e. The van der Waals surface area contributed by atoms with Gasteiger partial charge in [-0.15, -0.1) is 0 Å². The van der Waals surface area contributed by atoms with E-state index in [2.05, 4.69) is 10.6 Å². The molecule has 8 nitrogen and oxygen atoms in total. The van der Waals surface area contributed by atoms with E-state index < -0.39 is 0 Å². The molecule has 2 aliphatic rings. The second-order valence-corrected chi connectivity index (χ2v) is 11.5. The molecular weight excluding hydrogens is 526 g/mol. The van der Waals surface area contributed by atoms with E-state index in [1.54, 1.807) is 6.07 Å². The Bertz CT molecular complexity index is 1610. The summed E-state index contributed by atoms with van der Waals surface area (Å²) < 4.78 is 5.82. The number of ketones is 1. The number of nitrogens with zero attached hydrogens (tertiary/aromatic N) is 3. The van der Waals surface area contributed by atoms with Crippen LogP contribution in [0.5, 0.6) is 5.75 Å². The van der Waals surface area contributed by atoms with Crippen molar-refractivity contribution < 1.29 is 14.3 Å².